The van der Waals surface area contributed by atoms with E-state index in [0.29, 0.717) is 10.9 Å². The van der Waals surface area contributed by atoms with Crippen LogP contribution in [0.3, 0.4) is 0 Å². The summed E-state index contributed by atoms with van der Waals surface area (Å²) in [7, 11) is 0. The zero-order chi connectivity index (χ0) is 10.9. The minimum Gasteiger partial charge on any atom is -0.391 e. The molecule has 1 saturated carbocycles. The van der Waals surface area contributed by atoms with E-state index in [1.807, 2.05) is 13.8 Å². The van der Waals surface area contributed by atoms with Crippen molar-refractivity contribution in [3.63, 3.8) is 0 Å². The van der Waals surface area contributed by atoms with Crippen LogP contribution in [0, 0.1) is 11.8 Å². The van der Waals surface area contributed by atoms with Crippen LogP contribution in [0.4, 0.5) is 0 Å². The molecule has 1 fully saturated rings. The Hall–Kier alpha value is -0.640. The number of rotatable bonds is 4. The number of thiocarbonyl (C=S) groups is 1. The second-order valence-corrected chi connectivity index (χ2v) is 4.80. The lowest BCUT2D eigenvalue weighted by Crippen LogP contribution is -2.54. The van der Waals surface area contributed by atoms with Crippen LogP contribution < -0.4 is 11.1 Å². The summed E-state index contributed by atoms with van der Waals surface area (Å²) in [5.41, 5.74) is 5.08. The quantitative estimate of drug-likeness (QED) is 0.692. The minimum absolute atomic E-state index is 0.0923. The van der Waals surface area contributed by atoms with Crippen molar-refractivity contribution in [1.82, 2.24) is 5.32 Å². The SMILES string of the molecule is CCC(C)(NC(=O)C1CC1C)C(N)=S. The van der Waals surface area contributed by atoms with E-state index in [0.717, 1.165) is 12.8 Å². The van der Waals surface area contributed by atoms with Crippen LogP contribution in [0.1, 0.15) is 33.6 Å². The smallest absolute Gasteiger partial charge is 0.224 e. The lowest BCUT2D eigenvalue weighted by atomic mass is 9.98. The van der Waals surface area contributed by atoms with Gasteiger partial charge in [0.2, 0.25) is 5.91 Å². The Morgan fingerprint density at radius 1 is 1.71 bits per heavy atom. The zero-order valence-electron chi connectivity index (χ0n) is 8.96. The predicted octanol–water partition coefficient (Wildman–Crippen LogP) is 1.21. The highest BCUT2D eigenvalue weighted by molar-refractivity contribution is 7.80. The molecule has 0 aromatic heterocycles. The Morgan fingerprint density at radius 2 is 2.21 bits per heavy atom. The van der Waals surface area contributed by atoms with Crippen molar-refractivity contribution < 1.29 is 4.79 Å². The molecule has 4 heteroatoms. The molecule has 3 atom stereocenters. The standard InChI is InChI=1S/C10H18N2OS/c1-4-10(3,9(11)14)12-8(13)7-5-6(7)2/h6-7H,4-5H2,1-3H3,(H2,11,14)(H,12,13). The highest BCUT2D eigenvalue weighted by atomic mass is 32.1. The van der Waals surface area contributed by atoms with Crippen LogP contribution in [0.25, 0.3) is 0 Å². The number of carbonyl (C=O) groups is 1. The van der Waals surface area contributed by atoms with Crippen molar-refractivity contribution in [2.24, 2.45) is 17.6 Å². The fourth-order valence-electron chi connectivity index (χ4n) is 1.38. The van der Waals surface area contributed by atoms with Gasteiger partial charge in [-0.3, -0.25) is 4.79 Å². The van der Waals surface area contributed by atoms with Crippen LogP contribution in [-0.4, -0.2) is 16.4 Å². The summed E-state index contributed by atoms with van der Waals surface area (Å²) < 4.78 is 0. The predicted molar refractivity (Wildman–Crippen MR) is 60.9 cm³/mol. The monoisotopic (exact) mass is 214 g/mol. The van der Waals surface area contributed by atoms with Gasteiger partial charge in [-0.05, 0) is 25.7 Å². The summed E-state index contributed by atoms with van der Waals surface area (Å²) >= 11 is 4.95. The number of hydrogen-bond donors (Lipinski definition) is 2. The summed E-state index contributed by atoms with van der Waals surface area (Å²) in [6.07, 6.45) is 1.72. The third-order valence-electron chi connectivity index (χ3n) is 3.10. The highest BCUT2D eigenvalue weighted by Crippen LogP contribution is 2.38. The van der Waals surface area contributed by atoms with Gasteiger partial charge >= 0.3 is 0 Å². The van der Waals surface area contributed by atoms with E-state index < -0.39 is 5.54 Å². The normalized spacial score (nSPS) is 29.1. The van der Waals surface area contributed by atoms with E-state index in [1.54, 1.807) is 0 Å². The second-order valence-electron chi connectivity index (χ2n) is 4.36. The molecule has 0 aliphatic heterocycles. The van der Waals surface area contributed by atoms with Gasteiger partial charge in [-0.25, -0.2) is 0 Å². The summed E-state index contributed by atoms with van der Waals surface area (Å²) in [5, 5.41) is 2.93. The minimum atomic E-state index is -0.519. The van der Waals surface area contributed by atoms with Crippen molar-refractivity contribution in [2.45, 2.75) is 39.2 Å². The van der Waals surface area contributed by atoms with Gasteiger partial charge in [-0.15, -0.1) is 0 Å². The molecule has 3 N–H and O–H groups in total. The van der Waals surface area contributed by atoms with Gasteiger partial charge < -0.3 is 11.1 Å². The third-order valence-corrected chi connectivity index (χ3v) is 3.55. The van der Waals surface area contributed by atoms with E-state index in [9.17, 15) is 4.79 Å². The molecule has 14 heavy (non-hydrogen) atoms. The van der Waals surface area contributed by atoms with Crippen LogP contribution in [0.15, 0.2) is 0 Å². The van der Waals surface area contributed by atoms with Gasteiger partial charge in [0, 0.05) is 5.92 Å². The Morgan fingerprint density at radius 3 is 2.50 bits per heavy atom. The number of hydrogen-bond acceptors (Lipinski definition) is 2. The number of nitrogens with two attached hydrogens (primary N) is 1. The molecule has 0 radical (unpaired) electrons. The fraction of sp³-hybridized carbons (Fsp3) is 0.800. The molecule has 80 valence electrons. The van der Waals surface area contributed by atoms with Crippen molar-refractivity contribution in [2.75, 3.05) is 0 Å². The summed E-state index contributed by atoms with van der Waals surface area (Å²) in [5.74, 6) is 0.785. The lowest BCUT2D eigenvalue weighted by Gasteiger charge is -2.28. The lowest BCUT2D eigenvalue weighted by molar-refractivity contribution is -0.123. The van der Waals surface area contributed by atoms with E-state index in [2.05, 4.69) is 12.2 Å². The molecule has 0 aromatic rings. The summed E-state index contributed by atoms with van der Waals surface area (Å²) in [6, 6.07) is 0. The average Bonchev–Trinajstić information content (AvgIpc) is 2.82. The second kappa shape index (κ2) is 3.85. The summed E-state index contributed by atoms with van der Waals surface area (Å²) in [4.78, 5) is 12.0. The molecule has 3 nitrogen and oxygen atoms in total. The average molecular weight is 214 g/mol. The van der Waals surface area contributed by atoms with Gasteiger partial charge in [-0.1, -0.05) is 26.1 Å². The van der Waals surface area contributed by atoms with Gasteiger partial charge in [0.05, 0.1) is 10.5 Å². The van der Waals surface area contributed by atoms with E-state index in [4.69, 9.17) is 18.0 Å². The number of carbonyl (C=O) groups excluding carboxylic acids is 1. The van der Waals surface area contributed by atoms with Crippen molar-refractivity contribution in [3.8, 4) is 0 Å². The van der Waals surface area contributed by atoms with Gasteiger partial charge in [-0.2, -0.15) is 0 Å². The fourth-order valence-corrected chi connectivity index (χ4v) is 1.57. The molecule has 0 heterocycles. The van der Waals surface area contributed by atoms with Crippen molar-refractivity contribution in [1.29, 1.82) is 0 Å². The molecular weight excluding hydrogens is 196 g/mol. The molecule has 0 spiro atoms. The summed E-state index contributed by atoms with van der Waals surface area (Å²) in [6.45, 7) is 5.92. The van der Waals surface area contributed by atoms with E-state index in [-0.39, 0.29) is 11.8 Å². The molecule has 0 saturated heterocycles. The van der Waals surface area contributed by atoms with Gasteiger partial charge in [0.1, 0.15) is 0 Å². The maximum Gasteiger partial charge on any atom is 0.224 e. The van der Waals surface area contributed by atoms with Crippen molar-refractivity contribution in [3.05, 3.63) is 0 Å². The van der Waals surface area contributed by atoms with Crippen LogP contribution >= 0.6 is 12.2 Å². The molecule has 1 aliphatic rings. The Bertz CT molecular complexity index is 267. The van der Waals surface area contributed by atoms with Gasteiger partial charge in [0.25, 0.3) is 0 Å². The maximum atomic E-state index is 11.7. The number of nitrogens with one attached hydrogen (secondary N) is 1. The van der Waals surface area contributed by atoms with Crippen LogP contribution in [0.2, 0.25) is 0 Å². The van der Waals surface area contributed by atoms with Gasteiger partial charge in [0.15, 0.2) is 0 Å². The Labute approximate surface area is 90.4 Å². The number of amides is 1. The van der Waals surface area contributed by atoms with Crippen molar-refractivity contribution >= 4 is 23.1 Å². The van der Waals surface area contributed by atoms with Crippen LogP contribution in [-0.2, 0) is 4.79 Å². The molecule has 1 amide bonds. The molecule has 1 rings (SSSR count). The maximum absolute atomic E-state index is 11.7. The molecule has 1 aliphatic carbocycles. The largest absolute Gasteiger partial charge is 0.391 e. The highest BCUT2D eigenvalue weighted by Gasteiger charge is 2.41. The zero-order valence-corrected chi connectivity index (χ0v) is 9.78. The van der Waals surface area contributed by atoms with E-state index >= 15 is 0 Å². The topological polar surface area (TPSA) is 55.1 Å². The molecular formula is C10H18N2OS. The third kappa shape index (κ3) is 2.23. The molecule has 0 bridgehead atoms. The van der Waals surface area contributed by atoms with Crippen LogP contribution in [0.5, 0.6) is 0 Å². The first-order valence-corrected chi connectivity index (χ1v) is 5.43. The molecule has 3 unspecified atom stereocenters. The van der Waals surface area contributed by atoms with E-state index in [1.165, 1.54) is 0 Å². The first-order chi connectivity index (χ1) is 6.40. The first-order valence-electron chi connectivity index (χ1n) is 5.02. The molecule has 0 aromatic carbocycles. The Kier molecular flexibility index (Phi) is 3.14. The Balaban J connectivity index is 2.56. The first kappa shape index (κ1) is 11.4.